The molecule has 1 aromatic carbocycles. The molecular formula is C25H30O3. The Morgan fingerprint density at radius 1 is 1.11 bits per heavy atom. The molecule has 1 unspecified atom stereocenters. The Balaban J connectivity index is 1.31. The van der Waals surface area contributed by atoms with Gasteiger partial charge in [0.2, 0.25) is 0 Å². The van der Waals surface area contributed by atoms with Crippen molar-refractivity contribution in [2.75, 3.05) is 6.61 Å². The van der Waals surface area contributed by atoms with Gasteiger partial charge in [-0.15, -0.1) is 0 Å². The van der Waals surface area contributed by atoms with Crippen molar-refractivity contribution in [2.24, 2.45) is 46.3 Å². The first-order chi connectivity index (χ1) is 13.5. The van der Waals surface area contributed by atoms with Gasteiger partial charge in [-0.2, -0.15) is 0 Å². The number of Topliss-reactive ketones (excluding diaryl/α,β-unsaturated/α-hetero) is 1. The molecule has 2 bridgehead atoms. The summed E-state index contributed by atoms with van der Waals surface area (Å²) in [5.41, 5.74) is 0.950. The number of carbonyl (C=O) groups is 1. The van der Waals surface area contributed by atoms with E-state index in [-0.39, 0.29) is 16.9 Å². The normalized spacial score (nSPS) is 50.2. The molecule has 28 heavy (non-hydrogen) atoms. The summed E-state index contributed by atoms with van der Waals surface area (Å²) in [5, 5.41) is 11.6. The van der Waals surface area contributed by atoms with Crippen LogP contribution in [0.5, 0.6) is 0 Å². The molecule has 3 heteroatoms. The second-order valence-electron chi connectivity index (χ2n) is 10.5. The first-order valence-electron chi connectivity index (χ1n) is 11.0. The number of rotatable bonds is 4. The molecule has 0 saturated heterocycles. The topological polar surface area (TPSA) is 46.5 Å². The number of aliphatic hydroxyl groups excluding tert-OH is 1. The van der Waals surface area contributed by atoms with Crippen LogP contribution in [0.4, 0.5) is 0 Å². The zero-order chi connectivity index (χ0) is 19.1. The first kappa shape index (κ1) is 17.4. The van der Waals surface area contributed by atoms with Gasteiger partial charge in [0, 0.05) is 18.3 Å². The van der Waals surface area contributed by atoms with Crippen molar-refractivity contribution in [3.63, 3.8) is 0 Å². The van der Waals surface area contributed by atoms with Crippen molar-refractivity contribution in [1.82, 2.24) is 0 Å². The predicted octanol–water partition coefficient (Wildman–Crippen LogP) is 4.01. The largest absolute Gasteiger partial charge is 0.392 e. The molecule has 4 fully saturated rings. The highest BCUT2D eigenvalue weighted by molar-refractivity contribution is 5.83. The molecule has 0 radical (unpaired) electrons. The van der Waals surface area contributed by atoms with Crippen LogP contribution >= 0.6 is 0 Å². The van der Waals surface area contributed by atoms with Crippen LogP contribution < -0.4 is 0 Å². The fourth-order valence-electron chi connectivity index (χ4n) is 8.68. The van der Waals surface area contributed by atoms with Crippen LogP contribution in [0.15, 0.2) is 42.5 Å². The lowest BCUT2D eigenvalue weighted by Crippen LogP contribution is -2.43. The molecule has 4 saturated carbocycles. The summed E-state index contributed by atoms with van der Waals surface area (Å²) in [6.07, 6.45) is 7.92. The number of hydrogen-bond donors (Lipinski definition) is 1. The average Bonchev–Trinajstić information content (AvgIpc) is 3.42. The SMILES string of the molecule is C[C@@]12CC(=O)C[C@@]13[C@H](O)[C@H]1[C@@H]([C@H]3C(COCc3ccccc3)C2)[C@H]2C=C[C@@H]1C2. The van der Waals surface area contributed by atoms with Crippen molar-refractivity contribution in [1.29, 1.82) is 0 Å². The van der Waals surface area contributed by atoms with E-state index >= 15 is 0 Å². The zero-order valence-electron chi connectivity index (χ0n) is 16.6. The van der Waals surface area contributed by atoms with Gasteiger partial charge in [-0.3, -0.25) is 4.79 Å². The number of fused-ring (bicyclic) bond motifs is 6. The van der Waals surface area contributed by atoms with E-state index in [0.29, 0.717) is 60.7 Å². The third-order valence-electron chi connectivity index (χ3n) is 9.35. The van der Waals surface area contributed by atoms with Gasteiger partial charge < -0.3 is 9.84 Å². The van der Waals surface area contributed by atoms with Gasteiger partial charge in [-0.25, -0.2) is 0 Å². The Bertz CT molecular complexity index is 831. The second-order valence-corrected chi connectivity index (χ2v) is 10.5. The second kappa shape index (κ2) is 5.79. The van der Waals surface area contributed by atoms with Crippen molar-refractivity contribution in [2.45, 2.75) is 45.3 Å². The first-order valence-corrected chi connectivity index (χ1v) is 11.0. The van der Waals surface area contributed by atoms with Gasteiger partial charge >= 0.3 is 0 Å². The lowest BCUT2D eigenvalue weighted by Gasteiger charge is -2.42. The Hall–Kier alpha value is -1.45. The minimum atomic E-state index is -0.321. The van der Waals surface area contributed by atoms with Gasteiger partial charge in [0.15, 0.2) is 0 Å². The van der Waals surface area contributed by atoms with Crippen LogP contribution in [0.2, 0.25) is 0 Å². The van der Waals surface area contributed by atoms with Gasteiger partial charge in [0.25, 0.3) is 0 Å². The number of allylic oxidation sites excluding steroid dienone is 2. The minimum absolute atomic E-state index is 0.0568. The number of carbonyl (C=O) groups excluding carboxylic acids is 1. The predicted molar refractivity (Wildman–Crippen MR) is 106 cm³/mol. The van der Waals surface area contributed by atoms with E-state index in [1.54, 1.807) is 0 Å². The van der Waals surface area contributed by atoms with Crippen molar-refractivity contribution >= 4 is 5.78 Å². The fraction of sp³-hybridized carbons (Fsp3) is 0.640. The van der Waals surface area contributed by atoms with E-state index < -0.39 is 0 Å². The number of ether oxygens (including phenoxy) is 1. The molecule has 9 atom stereocenters. The number of hydrogen-bond acceptors (Lipinski definition) is 3. The molecule has 0 heterocycles. The molecule has 1 spiro atoms. The van der Waals surface area contributed by atoms with Gasteiger partial charge in [0.05, 0.1) is 19.3 Å². The molecule has 5 aliphatic rings. The summed E-state index contributed by atoms with van der Waals surface area (Å²) < 4.78 is 6.22. The van der Waals surface area contributed by atoms with E-state index in [4.69, 9.17) is 4.74 Å². The third kappa shape index (κ3) is 2.05. The summed E-state index contributed by atoms with van der Waals surface area (Å²) in [7, 11) is 0. The maximum Gasteiger partial charge on any atom is 0.134 e. The molecular weight excluding hydrogens is 348 g/mol. The highest BCUT2D eigenvalue weighted by Crippen LogP contribution is 2.78. The Labute approximate surface area is 167 Å². The van der Waals surface area contributed by atoms with E-state index in [0.717, 1.165) is 13.0 Å². The lowest BCUT2D eigenvalue weighted by atomic mass is 9.63. The lowest BCUT2D eigenvalue weighted by molar-refractivity contribution is -0.119. The van der Waals surface area contributed by atoms with Gasteiger partial charge in [0.1, 0.15) is 5.78 Å². The maximum absolute atomic E-state index is 12.6. The Morgan fingerprint density at radius 3 is 2.64 bits per heavy atom. The molecule has 5 aliphatic carbocycles. The van der Waals surface area contributed by atoms with Gasteiger partial charge in [-0.1, -0.05) is 49.4 Å². The van der Waals surface area contributed by atoms with E-state index in [9.17, 15) is 9.90 Å². The summed E-state index contributed by atoms with van der Waals surface area (Å²) in [6.45, 7) is 3.69. The fourth-order valence-corrected chi connectivity index (χ4v) is 8.68. The average molecular weight is 379 g/mol. The smallest absolute Gasteiger partial charge is 0.134 e. The number of benzene rings is 1. The minimum Gasteiger partial charge on any atom is -0.392 e. The third-order valence-corrected chi connectivity index (χ3v) is 9.35. The van der Waals surface area contributed by atoms with E-state index in [2.05, 4.69) is 43.3 Å². The standard InChI is InChI=1S/C25H30O3/c1-24-10-18(14-28-13-15-5-3-2-4-6-15)22-20-16-7-8-17(9-16)21(20)23(27)25(22,24)12-19(26)11-24/h2-8,16-18,20-23,27H,9-14H2,1H3/t16-,17+,18?,20-,21+,22+,23+,24+,25+/m0/s1. The van der Waals surface area contributed by atoms with Crippen LogP contribution in [0.3, 0.4) is 0 Å². The summed E-state index contributed by atoms with van der Waals surface area (Å²) >= 11 is 0. The summed E-state index contributed by atoms with van der Waals surface area (Å²) in [5.74, 6) is 3.29. The molecule has 0 aliphatic heterocycles. The number of ketones is 1. The van der Waals surface area contributed by atoms with Crippen molar-refractivity contribution in [3.8, 4) is 0 Å². The van der Waals surface area contributed by atoms with Crippen LogP contribution in [0.1, 0.15) is 38.2 Å². The molecule has 1 N–H and O–H groups in total. The van der Waals surface area contributed by atoms with Crippen molar-refractivity contribution in [3.05, 3.63) is 48.0 Å². The van der Waals surface area contributed by atoms with Crippen LogP contribution in [-0.2, 0) is 16.1 Å². The Morgan fingerprint density at radius 2 is 1.86 bits per heavy atom. The summed E-state index contributed by atoms with van der Waals surface area (Å²) in [6, 6.07) is 10.4. The molecule has 0 amide bonds. The highest BCUT2D eigenvalue weighted by Gasteiger charge is 2.77. The monoisotopic (exact) mass is 378 g/mol. The van der Waals surface area contributed by atoms with Crippen LogP contribution in [-0.4, -0.2) is 23.6 Å². The van der Waals surface area contributed by atoms with E-state index in [1.165, 1.54) is 12.0 Å². The highest BCUT2D eigenvalue weighted by atomic mass is 16.5. The summed E-state index contributed by atoms with van der Waals surface area (Å²) in [4.78, 5) is 12.6. The quantitative estimate of drug-likeness (QED) is 0.806. The van der Waals surface area contributed by atoms with Crippen LogP contribution in [0, 0.1) is 46.3 Å². The van der Waals surface area contributed by atoms with Crippen molar-refractivity contribution < 1.29 is 14.6 Å². The molecule has 6 rings (SSSR count). The number of aliphatic hydroxyl groups is 1. The van der Waals surface area contributed by atoms with Gasteiger partial charge in [-0.05, 0) is 59.3 Å². The van der Waals surface area contributed by atoms with E-state index in [1.807, 2.05) is 6.07 Å². The maximum atomic E-state index is 12.6. The molecule has 3 nitrogen and oxygen atoms in total. The Kier molecular flexibility index (Phi) is 3.60. The molecule has 0 aromatic heterocycles. The molecule has 1 aromatic rings. The van der Waals surface area contributed by atoms with Crippen LogP contribution in [0.25, 0.3) is 0 Å². The molecule has 148 valence electrons. The zero-order valence-corrected chi connectivity index (χ0v) is 16.6.